The number of ether oxygens (including phenoxy) is 2. The molecule has 2 rings (SSSR count). The van der Waals surface area contributed by atoms with Crippen LogP contribution in [0.4, 0.5) is 0 Å². The van der Waals surface area contributed by atoms with E-state index in [0.29, 0.717) is 30.3 Å². The van der Waals surface area contributed by atoms with Crippen molar-refractivity contribution in [3.63, 3.8) is 0 Å². The molecular weight excluding hydrogens is 280 g/mol. The van der Waals surface area contributed by atoms with Gasteiger partial charge in [0.25, 0.3) is 5.91 Å². The molecule has 0 aliphatic rings. The van der Waals surface area contributed by atoms with E-state index in [2.05, 4.69) is 4.98 Å². The third kappa shape index (κ3) is 3.55. The van der Waals surface area contributed by atoms with Gasteiger partial charge in [-0.1, -0.05) is 0 Å². The normalized spacial score (nSPS) is 10.1. The van der Waals surface area contributed by atoms with Crippen LogP contribution >= 0.6 is 0 Å². The number of pyridine rings is 1. The van der Waals surface area contributed by atoms with Crippen LogP contribution < -0.4 is 9.47 Å². The van der Waals surface area contributed by atoms with Crippen molar-refractivity contribution in [3.05, 3.63) is 48.2 Å². The smallest absolute Gasteiger partial charge is 0.259 e. The minimum absolute atomic E-state index is 0.0818. The quantitative estimate of drug-likeness (QED) is 0.821. The largest absolute Gasteiger partial charge is 0.497 e. The minimum Gasteiger partial charge on any atom is -0.497 e. The molecule has 1 heterocycles. The standard InChI is InChI=1S/C17H20N2O3/c1-4-19(5-2)17(20)15-7-6-12-18-16(15)22-14-10-8-13(21-3)9-11-14/h6-12H,4-5H2,1-3H3. The summed E-state index contributed by atoms with van der Waals surface area (Å²) in [5.41, 5.74) is 0.460. The zero-order valence-electron chi connectivity index (χ0n) is 13.1. The lowest BCUT2D eigenvalue weighted by atomic mass is 10.2. The molecule has 0 saturated heterocycles. The van der Waals surface area contributed by atoms with Crippen LogP contribution in [-0.2, 0) is 0 Å². The molecule has 1 aromatic heterocycles. The summed E-state index contributed by atoms with van der Waals surface area (Å²) >= 11 is 0. The van der Waals surface area contributed by atoms with Crippen LogP contribution in [-0.4, -0.2) is 36.0 Å². The summed E-state index contributed by atoms with van der Waals surface area (Å²) in [6, 6.07) is 10.6. The summed E-state index contributed by atoms with van der Waals surface area (Å²) < 4.78 is 10.9. The molecule has 116 valence electrons. The molecule has 0 saturated carbocycles. The summed E-state index contributed by atoms with van der Waals surface area (Å²) in [6.45, 7) is 5.18. The Bertz CT molecular complexity index is 622. The van der Waals surface area contributed by atoms with E-state index in [9.17, 15) is 4.79 Å². The molecule has 1 aromatic carbocycles. The highest BCUT2D eigenvalue weighted by Gasteiger charge is 2.18. The fourth-order valence-corrected chi connectivity index (χ4v) is 2.07. The van der Waals surface area contributed by atoms with E-state index in [-0.39, 0.29) is 5.91 Å². The van der Waals surface area contributed by atoms with Gasteiger partial charge in [-0.2, -0.15) is 0 Å². The van der Waals surface area contributed by atoms with Crippen LogP contribution in [0.15, 0.2) is 42.6 Å². The molecule has 0 unspecified atom stereocenters. The Labute approximate surface area is 130 Å². The Hall–Kier alpha value is -2.56. The predicted octanol–water partition coefficient (Wildman–Crippen LogP) is 3.36. The fourth-order valence-electron chi connectivity index (χ4n) is 2.07. The summed E-state index contributed by atoms with van der Waals surface area (Å²) in [7, 11) is 1.61. The second-order valence-corrected chi connectivity index (χ2v) is 4.61. The van der Waals surface area contributed by atoms with Crippen LogP contribution in [0, 0.1) is 0 Å². The first-order chi connectivity index (χ1) is 10.7. The molecule has 0 aliphatic heterocycles. The average Bonchev–Trinajstić information content (AvgIpc) is 2.57. The van der Waals surface area contributed by atoms with Crippen molar-refractivity contribution >= 4 is 5.91 Å². The van der Waals surface area contributed by atoms with Crippen molar-refractivity contribution < 1.29 is 14.3 Å². The summed E-state index contributed by atoms with van der Waals surface area (Å²) in [6.07, 6.45) is 1.61. The van der Waals surface area contributed by atoms with Gasteiger partial charge in [0, 0.05) is 19.3 Å². The van der Waals surface area contributed by atoms with E-state index in [1.54, 1.807) is 54.6 Å². The molecule has 0 spiro atoms. The number of benzene rings is 1. The van der Waals surface area contributed by atoms with E-state index in [0.717, 1.165) is 5.75 Å². The topological polar surface area (TPSA) is 51.7 Å². The molecule has 0 radical (unpaired) electrons. The number of amides is 1. The van der Waals surface area contributed by atoms with Crippen molar-refractivity contribution in [1.82, 2.24) is 9.88 Å². The van der Waals surface area contributed by atoms with Crippen molar-refractivity contribution in [1.29, 1.82) is 0 Å². The summed E-state index contributed by atoms with van der Waals surface area (Å²) in [5.74, 6) is 1.58. The van der Waals surface area contributed by atoms with Crippen LogP contribution in [0.5, 0.6) is 17.4 Å². The number of hydrogen-bond acceptors (Lipinski definition) is 4. The molecule has 5 heteroatoms. The lowest BCUT2D eigenvalue weighted by molar-refractivity contribution is 0.0769. The number of carbonyl (C=O) groups excluding carboxylic acids is 1. The van der Waals surface area contributed by atoms with Gasteiger partial charge in [0.15, 0.2) is 0 Å². The number of aromatic nitrogens is 1. The van der Waals surface area contributed by atoms with Crippen LogP contribution in [0.1, 0.15) is 24.2 Å². The van der Waals surface area contributed by atoms with Crippen molar-refractivity contribution in [2.75, 3.05) is 20.2 Å². The number of rotatable bonds is 6. The third-order valence-electron chi connectivity index (χ3n) is 3.33. The third-order valence-corrected chi connectivity index (χ3v) is 3.33. The van der Waals surface area contributed by atoms with Gasteiger partial charge in [-0.3, -0.25) is 4.79 Å². The van der Waals surface area contributed by atoms with Crippen molar-refractivity contribution in [2.24, 2.45) is 0 Å². The highest BCUT2D eigenvalue weighted by Crippen LogP contribution is 2.25. The van der Waals surface area contributed by atoms with Crippen LogP contribution in [0.2, 0.25) is 0 Å². The van der Waals surface area contributed by atoms with E-state index in [4.69, 9.17) is 9.47 Å². The highest BCUT2D eigenvalue weighted by atomic mass is 16.5. The maximum Gasteiger partial charge on any atom is 0.259 e. The van der Waals surface area contributed by atoms with E-state index in [1.165, 1.54) is 0 Å². The van der Waals surface area contributed by atoms with Crippen LogP contribution in [0.25, 0.3) is 0 Å². The van der Waals surface area contributed by atoms with Gasteiger partial charge in [-0.25, -0.2) is 4.98 Å². The molecule has 0 fully saturated rings. The number of methoxy groups -OCH3 is 1. The van der Waals surface area contributed by atoms with E-state index >= 15 is 0 Å². The Balaban J connectivity index is 2.25. The van der Waals surface area contributed by atoms with Gasteiger partial charge in [-0.15, -0.1) is 0 Å². The second kappa shape index (κ2) is 7.45. The van der Waals surface area contributed by atoms with Crippen molar-refractivity contribution in [2.45, 2.75) is 13.8 Å². The second-order valence-electron chi connectivity index (χ2n) is 4.61. The Morgan fingerprint density at radius 1 is 1.09 bits per heavy atom. The Morgan fingerprint density at radius 2 is 1.73 bits per heavy atom. The molecule has 0 atom stereocenters. The highest BCUT2D eigenvalue weighted by molar-refractivity contribution is 5.96. The Kier molecular flexibility index (Phi) is 5.36. The van der Waals surface area contributed by atoms with Crippen molar-refractivity contribution in [3.8, 4) is 17.4 Å². The first-order valence-corrected chi connectivity index (χ1v) is 7.25. The predicted molar refractivity (Wildman–Crippen MR) is 84.6 cm³/mol. The first-order valence-electron chi connectivity index (χ1n) is 7.25. The lowest BCUT2D eigenvalue weighted by Crippen LogP contribution is -2.30. The van der Waals surface area contributed by atoms with Gasteiger partial charge in [0.1, 0.15) is 17.1 Å². The molecule has 22 heavy (non-hydrogen) atoms. The van der Waals surface area contributed by atoms with Gasteiger partial charge in [0.05, 0.1) is 7.11 Å². The molecule has 0 bridgehead atoms. The van der Waals surface area contributed by atoms with Gasteiger partial charge in [0.2, 0.25) is 5.88 Å². The van der Waals surface area contributed by atoms with Gasteiger partial charge in [-0.05, 0) is 50.2 Å². The molecule has 1 amide bonds. The molecule has 2 aromatic rings. The lowest BCUT2D eigenvalue weighted by Gasteiger charge is -2.19. The molecule has 0 aliphatic carbocycles. The Morgan fingerprint density at radius 3 is 2.32 bits per heavy atom. The molecule has 0 N–H and O–H groups in total. The summed E-state index contributed by atoms with van der Waals surface area (Å²) in [4.78, 5) is 18.4. The van der Waals surface area contributed by atoms with Crippen LogP contribution in [0.3, 0.4) is 0 Å². The minimum atomic E-state index is -0.0818. The molecular formula is C17H20N2O3. The SMILES string of the molecule is CCN(CC)C(=O)c1cccnc1Oc1ccc(OC)cc1. The molecule has 5 nitrogen and oxygen atoms in total. The zero-order chi connectivity index (χ0) is 15.9. The van der Waals surface area contributed by atoms with Gasteiger partial charge >= 0.3 is 0 Å². The zero-order valence-corrected chi connectivity index (χ0v) is 13.1. The van der Waals surface area contributed by atoms with E-state index < -0.39 is 0 Å². The fraction of sp³-hybridized carbons (Fsp3) is 0.294. The van der Waals surface area contributed by atoms with E-state index in [1.807, 2.05) is 13.8 Å². The first kappa shape index (κ1) is 15.8. The monoisotopic (exact) mass is 300 g/mol. The number of carbonyl (C=O) groups is 1. The summed E-state index contributed by atoms with van der Waals surface area (Å²) in [5, 5.41) is 0. The number of hydrogen-bond donors (Lipinski definition) is 0. The van der Waals surface area contributed by atoms with Gasteiger partial charge < -0.3 is 14.4 Å². The average molecular weight is 300 g/mol. The number of nitrogens with zero attached hydrogens (tertiary/aromatic N) is 2. The maximum atomic E-state index is 12.5. The maximum absolute atomic E-state index is 12.5.